The molecule has 6 nitrogen and oxygen atoms in total. The second kappa shape index (κ2) is 5.48. The summed E-state index contributed by atoms with van der Waals surface area (Å²) in [5.74, 6) is 0.406. The number of nitrogens with one attached hydrogen (secondary N) is 1. The van der Waals surface area contributed by atoms with E-state index in [9.17, 15) is 10.1 Å². The number of rotatable bonds is 2. The van der Waals surface area contributed by atoms with E-state index in [2.05, 4.69) is 15.0 Å². The van der Waals surface area contributed by atoms with Crippen LogP contribution in [0.2, 0.25) is 0 Å². The minimum Gasteiger partial charge on any atom is -0.301 e. The smallest absolute Gasteiger partial charge is 0.301 e. The van der Waals surface area contributed by atoms with Crippen molar-refractivity contribution in [2.24, 2.45) is 0 Å². The van der Waals surface area contributed by atoms with Crippen molar-refractivity contribution >= 4 is 11.2 Å². The highest BCUT2D eigenvalue weighted by Gasteiger charge is 2.16. The van der Waals surface area contributed by atoms with Crippen LogP contribution in [-0.4, -0.2) is 19.5 Å². The molecule has 1 N–H and O–H groups in total. The predicted molar refractivity (Wildman–Crippen MR) is 89.6 cm³/mol. The van der Waals surface area contributed by atoms with Crippen LogP contribution < -0.4 is 5.69 Å². The summed E-state index contributed by atoms with van der Waals surface area (Å²) in [6, 6.07) is 20.6. The number of aromatic nitrogens is 4. The average Bonchev–Trinajstić information content (AvgIpc) is 2.98. The molecule has 6 heteroatoms. The molecule has 0 bridgehead atoms. The van der Waals surface area contributed by atoms with Crippen molar-refractivity contribution in [3.05, 3.63) is 76.8 Å². The van der Waals surface area contributed by atoms with Crippen LogP contribution in [0.15, 0.2) is 65.5 Å². The van der Waals surface area contributed by atoms with E-state index in [0.29, 0.717) is 22.7 Å². The van der Waals surface area contributed by atoms with Gasteiger partial charge in [0.25, 0.3) is 0 Å². The standard InChI is InChI=1S/C18H11N5O/c19-11-14-15-17(22-16(20-14)12-7-3-1-4-8-12)23(18(24)21-15)13-9-5-2-6-10-13/h1-10H,(H,21,24). The number of benzene rings is 2. The molecule has 2 aromatic heterocycles. The highest BCUT2D eigenvalue weighted by molar-refractivity contribution is 5.80. The second-order valence-electron chi connectivity index (χ2n) is 5.17. The van der Waals surface area contributed by atoms with Gasteiger partial charge in [-0.3, -0.25) is 0 Å². The van der Waals surface area contributed by atoms with Gasteiger partial charge in [0.05, 0.1) is 5.69 Å². The van der Waals surface area contributed by atoms with Gasteiger partial charge in [-0.05, 0) is 12.1 Å². The summed E-state index contributed by atoms with van der Waals surface area (Å²) in [6.45, 7) is 0. The molecule has 114 valence electrons. The zero-order chi connectivity index (χ0) is 16.5. The molecule has 0 aliphatic heterocycles. The molecule has 24 heavy (non-hydrogen) atoms. The van der Waals surface area contributed by atoms with Gasteiger partial charge in [0.1, 0.15) is 11.6 Å². The van der Waals surface area contributed by atoms with Gasteiger partial charge >= 0.3 is 5.69 Å². The lowest BCUT2D eigenvalue weighted by molar-refractivity contribution is 0.998. The minimum absolute atomic E-state index is 0.144. The number of imidazole rings is 1. The fourth-order valence-electron chi connectivity index (χ4n) is 2.60. The quantitative estimate of drug-likeness (QED) is 0.616. The fraction of sp³-hybridized carbons (Fsp3) is 0. The van der Waals surface area contributed by atoms with Gasteiger partial charge in [-0.2, -0.15) is 5.26 Å². The maximum absolute atomic E-state index is 12.4. The molecule has 0 aliphatic rings. The first-order valence-corrected chi connectivity index (χ1v) is 7.31. The Morgan fingerprint density at radius 2 is 1.62 bits per heavy atom. The topological polar surface area (TPSA) is 87.4 Å². The third-order valence-corrected chi connectivity index (χ3v) is 3.69. The summed E-state index contributed by atoms with van der Waals surface area (Å²) >= 11 is 0. The number of hydrogen-bond donors (Lipinski definition) is 1. The Kier molecular flexibility index (Phi) is 3.18. The third-order valence-electron chi connectivity index (χ3n) is 3.69. The van der Waals surface area contributed by atoms with E-state index < -0.39 is 0 Å². The van der Waals surface area contributed by atoms with Gasteiger partial charge in [-0.15, -0.1) is 0 Å². The average molecular weight is 313 g/mol. The van der Waals surface area contributed by atoms with Gasteiger partial charge in [0, 0.05) is 5.56 Å². The van der Waals surface area contributed by atoms with Gasteiger partial charge in [0.2, 0.25) is 0 Å². The van der Waals surface area contributed by atoms with Crippen LogP contribution >= 0.6 is 0 Å². The number of nitrogens with zero attached hydrogens (tertiary/aromatic N) is 4. The monoisotopic (exact) mass is 313 g/mol. The van der Waals surface area contributed by atoms with Crippen molar-refractivity contribution < 1.29 is 0 Å². The van der Waals surface area contributed by atoms with Crippen molar-refractivity contribution in [2.45, 2.75) is 0 Å². The Balaban J connectivity index is 2.07. The summed E-state index contributed by atoms with van der Waals surface area (Å²) in [5, 5.41) is 9.41. The molecule has 2 heterocycles. The first-order valence-electron chi connectivity index (χ1n) is 7.31. The van der Waals surface area contributed by atoms with Gasteiger partial charge in [-0.1, -0.05) is 48.5 Å². The Morgan fingerprint density at radius 3 is 2.29 bits per heavy atom. The lowest BCUT2D eigenvalue weighted by atomic mass is 10.2. The van der Waals surface area contributed by atoms with E-state index in [0.717, 1.165) is 5.56 Å². The molecule has 4 aromatic rings. The van der Waals surface area contributed by atoms with Crippen LogP contribution in [0.4, 0.5) is 0 Å². The SMILES string of the molecule is N#Cc1nc(-c2ccccc2)nc2c1[nH]c(=O)n2-c1ccccc1. The van der Waals surface area contributed by atoms with Crippen molar-refractivity contribution in [3.8, 4) is 23.1 Å². The lowest BCUT2D eigenvalue weighted by Gasteiger charge is -2.05. The van der Waals surface area contributed by atoms with Crippen molar-refractivity contribution in [1.82, 2.24) is 19.5 Å². The molecule has 4 rings (SSSR count). The highest BCUT2D eigenvalue weighted by atomic mass is 16.1. The molecule has 0 amide bonds. The number of aromatic amines is 1. The van der Waals surface area contributed by atoms with Crippen molar-refractivity contribution in [2.75, 3.05) is 0 Å². The normalized spacial score (nSPS) is 10.6. The van der Waals surface area contributed by atoms with E-state index in [4.69, 9.17) is 0 Å². The van der Waals surface area contributed by atoms with Crippen LogP contribution in [0.5, 0.6) is 0 Å². The number of H-pyrrole nitrogens is 1. The van der Waals surface area contributed by atoms with Gasteiger partial charge < -0.3 is 4.98 Å². The number of fused-ring (bicyclic) bond motifs is 1. The van der Waals surface area contributed by atoms with E-state index in [-0.39, 0.29) is 11.4 Å². The highest BCUT2D eigenvalue weighted by Crippen LogP contribution is 2.21. The van der Waals surface area contributed by atoms with Crippen LogP contribution in [0, 0.1) is 11.3 Å². The fourth-order valence-corrected chi connectivity index (χ4v) is 2.60. The number of para-hydroxylation sites is 1. The van der Waals surface area contributed by atoms with E-state index >= 15 is 0 Å². The molecule has 0 radical (unpaired) electrons. The molecule has 0 atom stereocenters. The largest absolute Gasteiger partial charge is 0.332 e. The van der Waals surface area contributed by atoms with Crippen molar-refractivity contribution in [3.63, 3.8) is 0 Å². The summed E-state index contributed by atoms with van der Waals surface area (Å²) < 4.78 is 1.45. The Morgan fingerprint density at radius 1 is 0.958 bits per heavy atom. The zero-order valence-electron chi connectivity index (χ0n) is 12.5. The molecule has 0 saturated heterocycles. The van der Waals surface area contributed by atoms with Crippen LogP contribution in [0.25, 0.3) is 28.2 Å². The molecule has 0 fully saturated rings. The molecule has 2 aromatic carbocycles. The van der Waals surface area contributed by atoms with E-state index in [1.165, 1.54) is 4.57 Å². The first-order chi connectivity index (χ1) is 11.8. The Hall–Kier alpha value is -3.72. The molecule has 0 spiro atoms. The number of hydrogen-bond acceptors (Lipinski definition) is 4. The van der Waals surface area contributed by atoms with Gasteiger partial charge in [-0.25, -0.2) is 19.3 Å². The van der Waals surface area contributed by atoms with Crippen molar-refractivity contribution in [1.29, 1.82) is 5.26 Å². The Labute approximate surface area is 136 Å². The zero-order valence-corrected chi connectivity index (χ0v) is 12.5. The third kappa shape index (κ3) is 2.16. The molecular formula is C18H11N5O. The van der Waals surface area contributed by atoms with Crippen LogP contribution in [0.1, 0.15) is 5.69 Å². The Bertz CT molecular complexity index is 1120. The van der Waals surface area contributed by atoms with Crippen LogP contribution in [0.3, 0.4) is 0 Å². The molecule has 0 aliphatic carbocycles. The second-order valence-corrected chi connectivity index (χ2v) is 5.17. The first kappa shape index (κ1) is 13.9. The summed E-state index contributed by atoms with van der Waals surface area (Å²) in [7, 11) is 0. The summed E-state index contributed by atoms with van der Waals surface area (Å²) in [5.41, 5.74) is 1.97. The number of nitriles is 1. The van der Waals surface area contributed by atoms with Gasteiger partial charge in [0.15, 0.2) is 17.2 Å². The van der Waals surface area contributed by atoms with E-state index in [1.807, 2.05) is 66.7 Å². The molecule has 0 unspecified atom stereocenters. The summed E-state index contributed by atoms with van der Waals surface area (Å²) in [6.07, 6.45) is 0. The predicted octanol–water partition coefficient (Wildman–Crippen LogP) is 2.65. The minimum atomic E-state index is -0.354. The molecule has 0 saturated carbocycles. The lowest BCUT2D eigenvalue weighted by Crippen LogP contribution is -2.14. The summed E-state index contributed by atoms with van der Waals surface area (Å²) in [4.78, 5) is 23.9. The molecular weight excluding hydrogens is 302 g/mol. The maximum Gasteiger partial charge on any atom is 0.332 e. The van der Waals surface area contributed by atoms with Crippen LogP contribution in [-0.2, 0) is 0 Å². The van der Waals surface area contributed by atoms with E-state index in [1.54, 1.807) is 0 Å². The maximum atomic E-state index is 12.4.